The van der Waals surface area contributed by atoms with Gasteiger partial charge in [0.05, 0.1) is 0 Å². The van der Waals surface area contributed by atoms with E-state index in [1.165, 1.54) is 16.5 Å². The third kappa shape index (κ3) is 2.42. The zero-order chi connectivity index (χ0) is 9.97. The summed E-state index contributed by atoms with van der Waals surface area (Å²) in [5, 5.41) is 0.747. The summed E-state index contributed by atoms with van der Waals surface area (Å²) in [6.07, 6.45) is 2.44. The largest absolute Gasteiger partial charge is 0.387 e. The lowest BCUT2D eigenvalue weighted by atomic mass is 10.1. The third-order valence-electron chi connectivity index (χ3n) is 1.76. The quantitative estimate of drug-likeness (QED) is 0.624. The summed E-state index contributed by atoms with van der Waals surface area (Å²) in [4.78, 5) is 6.01. The van der Waals surface area contributed by atoms with Gasteiger partial charge in [0, 0.05) is 28.3 Å². The second-order valence-electron chi connectivity index (χ2n) is 2.87. The van der Waals surface area contributed by atoms with E-state index in [9.17, 15) is 0 Å². The van der Waals surface area contributed by atoms with Crippen molar-refractivity contribution in [3.05, 3.63) is 46.0 Å². The highest BCUT2D eigenvalue weighted by Gasteiger charge is 2.13. The van der Waals surface area contributed by atoms with Gasteiger partial charge in [-0.25, -0.2) is 5.84 Å². The van der Waals surface area contributed by atoms with Crippen LogP contribution in [0.5, 0.6) is 0 Å². The minimum Gasteiger partial charge on any atom is -0.387 e. The molecule has 0 saturated carbocycles. The lowest BCUT2D eigenvalue weighted by Gasteiger charge is -2.03. The molecule has 14 heavy (non-hydrogen) atoms. The molecule has 0 atom stereocenters. The van der Waals surface area contributed by atoms with Crippen LogP contribution in [0, 0.1) is 0 Å². The molecule has 0 saturated heterocycles. The summed E-state index contributed by atoms with van der Waals surface area (Å²) in [5.41, 5.74) is 1.15. The van der Waals surface area contributed by atoms with Crippen molar-refractivity contribution >= 4 is 23.5 Å². The molecular formula is C9H9ClN2OS. The molecule has 3 nitrogen and oxygen atoms in total. The van der Waals surface area contributed by atoms with E-state index in [1.54, 1.807) is 6.26 Å². The number of hydrogen-bond acceptors (Lipinski definition) is 4. The zero-order valence-electron chi connectivity index (χ0n) is 7.31. The van der Waals surface area contributed by atoms with Crippen LogP contribution < -0.4 is 5.84 Å². The molecule has 1 aliphatic heterocycles. The van der Waals surface area contributed by atoms with Crippen LogP contribution in [0.2, 0.25) is 5.02 Å². The average Bonchev–Trinajstić information content (AvgIpc) is 2.51. The van der Waals surface area contributed by atoms with Gasteiger partial charge in [0.15, 0.2) is 0 Å². The monoisotopic (exact) mass is 228 g/mol. The minimum absolute atomic E-state index is 0.747. The molecule has 0 bridgehead atoms. The number of allylic oxidation sites excluding steroid dienone is 1. The maximum atomic E-state index is 5.87. The van der Waals surface area contributed by atoms with Crippen molar-refractivity contribution < 1.29 is 4.84 Å². The van der Waals surface area contributed by atoms with E-state index in [-0.39, 0.29) is 0 Å². The van der Waals surface area contributed by atoms with E-state index < -0.39 is 0 Å². The Morgan fingerprint density at radius 2 is 2.36 bits per heavy atom. The highest BCUT2D eigenvalue weighted by atomic mass is 35.5. The maximum absolute atomic E-state index is 5.87. The summed E-state index contributed by atoms with van der Waals surface area (Å²) >= 11 is 7.24. The summed E-state index contributed by atoms with van der Waals surface area (Å²) in [6.45, 7) is 0. The first-order valence-electron chi connectivity index (χ1n) is 4.07. The standard InChI is InChI=1S/C9H9ClN2OS/c10-8-3-1-2-7(4-8)5-9-6-13-12(11)14-9/h1-4,6H,5,11H2. The van der Waals surface area contributed by atoms with Crippen molar-refractivity contribution in [3.8, 4) is 0 Å². The second-order valence-corrected chi connectivity index (χ2v) is 4.38. The van der Waals surface area contributed by atoms with E-state index >= 15 is 0 Å². The summed E-state index contributed by atoms with van der Waals surface area (Å²) < 4.78 is 1.22. The van der Waals surface area contributed by atoms with E-state index in [4.69, 9.17) is 22.3 Å². The van der Waals surface area contributed by atoms with Gasteiger partial charge in [0.2, 0.25) is 0 Å². The predicted octanol–water partition coefficient (Wildman–Crippen LogP) is 2.49. The fourth-order valence-electron chi connectivity index (χ4n) is 1.19. The van der Waals surface area contributed by atoms with Gasteiger partial charge in [-0.3, -0.25) is 0 Å². The van der Waals surface area contributed by atoms with E-state index in [1.807, 2.05) is 24.3 Å². The normalized spacial score (nSPS) is 16.6. The molecule has 2 N–H and O–H groups in total. The first-order valence-corrected chi connectivity index (χ1v) is 5.22. The molecule has 1 aromatic rings. The van der Waals surface area contributed by atoms with Gasteiger partial charge >= 0.3 is 0 Å². The van der Waals surface area contributed by atoms with E-state index in [0.717, 1.165) is 21.9 Å². The van der Waals surface area contributed by atoms with Crippen LogP contribution in [0.4, 0.5) is 0 Å². The molecule has 74 valence electrons. The molecule has 0 unspecified atom stereocenters. The van der Waals surface area contributed by atoms with Crippen LogP contribution in [-0.4, -0.2) is 4.58 Å². The Kier molecular flexibility index (Phi) is 2.98. The molecular weight excluding hydrogens is 220 g/mol. The Bertz CT molecular complexity index is 370. The Hall–Kier alpha value is -0.680. The Balaban J connectivity index is 2.04. The smallest absolute Gasteiger partial charge is 0.126 e. The van der Waals surface area contributed by atoms with Crippen molar-refractivity contribution in [2.45, 2.75) is 6.42 Å². The molecule has 1 heterocycles. The van der Waals surface area contributed by atoms with Crippen LogP contribution in [0.25, 0.3) is 0 Å². The number of nitrogens with zero attached hydrogens (tertiary/aromatic N) is 1. The Labute approximate surface area is 91.5 Å². The topological polar surface area (TPSA) is 38.5 Å². The number of nitrogens with two attached hydrogens (primary N) is 1. The molecule has 1 aliphatic rings. The van der Waals surface area contributed by atoms with Crippen LogP contribution in [0.1, 0.15) is 5.56 Å². The minimum atomic E-state index is 0.747. The first-order chi connectivity index (χ1) is 6.74. The highest BCUT2D eigenvalue weighted by Crippen LogP contribution is 2.28. The highest BCUT2D eigenvalue weighted by molar-refractivity contribution is 8.00. The van der Waals surface area contributed by atoms with Crippen LogP contribution in [0.3, 0.4) is 0 Å². The number of hydrogen-bond donors (Lipinski definition) is 1. The molecule has 1 aromatic carbocycles. The molecule has 0 amide bonds. The van der Waals surface area contributed by atoms with Gasteiger partial charge in [0.25, 0.3) is 0 Å². The lowest BCUT2D eigenvalue weighted by molar-refractivity contribution is 0.00420. The fraction of sp³-hybridized carbons (Fsp3) is 0.111. The fourth-order valence-corrected chi connectivity index (χ4v) is 2.04. The van der Waals surface area contributed by atoms with Gasteiger partial charge in [-0.1, -0.05) is 23.7 Å². The van der Waals surface area contributed by atoms with Crippen molar-refractivity contribution in [2.24, 2.45) is 5.84 Å². The number of hydrazine groups is 1. The molecule has 0 fully saturated rings. The molecule has 0 radical (unpaired) electrons. The summed E-state index contributed by atoms with van der Waals surface area (Å²) in [7, 11) is 0. The SMILES string of the molecule is NN1OC=C(Cc2cccc(Cl)c2)S1. The zero-order valence-corrected chi connectivity index (χ0v) is 8.89. The second kappa shape index (κ2) is 4.23. The first kappa shape index (κ1) is 9.86. The number of benzene rings is 1. The Morgan fingerprint density at radius 1 is 1.50 bits per heavy atom. The number of halogens is 1. The lowest BCUT2D eigenvalue weighted by Crippen LogP contribution is -2.17. The van der Waals surface area contributed by atoms with Crippen molar-refractivity contribution in [3.63, 3.8) is 0 Å². The molecule has 2 rings (SSSR count). The van der Waals surface area contributed by atoms with Crippen LogP contribution in [-0.2, 0) is 11.3 Å². The third-order valence-corrected chi connectivity index (χ3v) is 2.74. The molecule has 0 spiro atoms. The van der Waals surface area contributed by atoms with Gasteiger partial charge in [-0.15, -0.1) is 0 Å². The van der Waals surface area contributed by atoms with E-state index in [0.29, 0.717) is 0 Å². The van der Waals surface area contributed by atoms with Crippen molar-refractivity contribution in [2.75, 3.05) is 0 Å². The van der Waals surface area contributed by atoms with Gasteiger partial charge < -0.3 is 4.84 Å². The molecule has 0 aliphatic carbocycles. The average molecular weight is 229 g/mol. The van der Waals surface area contributed by atoms with Gasteiger partial charge in [0.1, 0.15) is 6.26 Å². The van der Waals surface area contributed by atoms with Crippen LogP contribution >= 0.6 is 23.5 Å². The predicted molar refractivity (Wildman–Crippen MR) is 57.9 cm³/mol. The van der Waals surface area contributed by atoms with Gasteiger partial charge in [-0.2, -0.15) is 0 Å². The maximum Gasteiger partial charge on any atom is 0.126 e. The van der Waals surface area contributed by atoms with Crippen LogP contribution in [0.15, 0.2) is 35.4 Å². The number of rotatable bonds is 2. The van der Waals surface area contributed by atoms with Crippen molar-refractivity contribution in [1.82, 2.24) is 4.58 Å². The summed E-state index contributed by atoms with van der Waals surface area (Å²) in [6, 6.07) is 7.74. The van der Waals surface area contributed by atoms with Crippen molar-refractivity contribution in [1.29, 1.82) is 0 Å². The molecule has 0 aromatic heterocycles. The summed E-state index contributed by atoms with van der Waals surface area (Å²) in [5.74, 6) is 5.40. The molecule has 5 heteroatoms. The Morgan fingerprint density at radius 3 is 3.00 bits per heavy atom. The van der Waals surface area contributed by atoms with E-state index in [2.05, 4.69) is 0 Å². The van der Waals surface area contributed by atoms with Gasteiger partial charge in [-0.05, 0) is 22.3 Å².